The van der Waals surface area contributed by atoms with Gasteiger partial charge < -0.3 is 18.8 Å². The summed E-state index contributed by atoms with van der Waals surface area (Å²) in [5, 5.41) is -0.251. The van der Waals surface area contributed by atoms with Crippen molar-refractivity contribution in [2.24, 2.45) is 0 Å². The zero-order chi connectivity index (χ0) is 19.1. The van der Waals surface area contributed by atoms with E-state index in [-0.39, 0.29) is 16.1 Å². The van der Waals surface area contributed by atoms with E-state index in [0.717, 1.165) is 11.3 Å². The smallest absolute Gasteiger partial charge is 0.462 e. The van der Waals surface area contributed by atoms with Crippen LogP contribution in [0.4, 0.5) is 0 Å². The number of aromatic nitrogens is 1. The van der Waals surface area contributed by atoms with Crippen LogP contribution in [0.1, 0.15) is 35.9 Å². The number of rotatable bonds is 3. The van der Waals surface area contributed by atoms with E-state index in [1.165, 1.54) is 0 Å². The average Bonchev–Trinajstić information content (AvgIpc) is 2.85. The Kier molecular flexibility index (Phi) is 1.87. The number of nitrogens with zero attached hydrogens (tertiary/aromatic N) is 1. The quantitative estimate of drug-likeness (QED) is 0.783. The van der Waals surface area contributed by atoms with Crippen molar-refractivity contribution in [3.8, 4) is 5.19 Å². The van der Waals surface area contributed by atoms with Crippen LogP contribution in [0.25, 0.3) is 0 Å². The number of thiazole rings is 1. The molecule has 0 atom stereocenters. The third-order valence-electron chi connectivity index (χ3n) is 3.41. The lowest BCUT2D eigenvalue weighted by Crippen LogP contribution is -2.41. The third-order valence-corrected chi connectivity index (χ3v) is 4.07. The fourth-order valence-electron chi connectivity index (χ4n) is 1.56. The topological polar surface area (TPSA) is 49.8 Å². The molecule has 1 aromatic heterocycles. The fraction of sp³-hybridized carbons (Fsp3) is 0.750. The van der Waals surface area contributed by atoms with E-state index in [0.29, 0.717) is 0 Å². The van der Waals surface area contributed by atoms with Crippen LogP contribution in [0.5, 0.6) is 5.19 Å². The largest absolute Gasteiger partial charge is 0.515 e. The van der Waals surface area contributed by atoms with Crippen LogP contribution in [-0.2, 0) is 14.0 Å². The molecule has 0 spiro atoms. The summed E-state index contributed by atoms with van der Waals surface area (Å²) in [4.78, 5) is 4.07. The molecule has 1 aromatic rings. The van der Waals surface area contributed by atoms with Crippen molar-refractivity contribution in [1.82, 2.24) is 4.98 Å². The van der Waals surface area contributed by atoms with E-state index < -0.39 is 37.5 Å². The Morgan fingerprint density at radius 2 is 2.11 bits per heavy atom. The van der Waals surface area contributed by atoms with E-state index in [2.05, 4.69) is 9.72 Å². The van der Waals surface area contributed by atoms with Crippen molar-refractivity contribution >= 4 is 24.0 Å². The summed E-state index contributed by atoms with van der Waals surface area (Å²) in [6, 6.07) is 0. The summed E-state index contributed by atoms with van der Waals surface area (Å²) in [6.45, 7) is 2.13. The SMILES string of the molecule is [2H]c1sc(OC2([2H])C([2H])([2H])OC2([2H])[2H])nc1B1OC(C)(C)C(C)(C)O1. The van der Waals surface area contributed by atoms with Gasteiger partial charge in [0.15, 0.2) is 0 Å². The second kappa shape index (κ2) is 4.44. The van der Waals surface area contributed by atoms with Crippen LogP contribution in [0.15, 0.2) is 5.36 Å². The van der Waals surface area contributed by atoms with Crippen LogP contribution in [0.3, 0.4) is 0 Å². The lowest BCUT2D eigenvalue weighted by Gasteiger charge is -2.32. The first-order chi connectivity index (χ1) is 11.1. The van der Waals surface area contributed by atoms with Gasteiger partial charge in [-0.15, -0.1) is 0 Å². The average molecular weight is 289 g/mol. The molecule has 0 saturated carbocycles. The van der Waals surface area contributed by atoms with Crippen LogP contribution in [-0.4, -0.2) is 42.5 Å². The molecule has 0 N–H and O–H groups in total. The first-order valence-electron chi connectivity index (χ1n) is 8.84. The van der Waals surface area contributed by atoms with Gasteiger partial charge in [0.05, 0.1) is 38.1 Å². The molecule has 2 aliphatic rings. The minimum Gasteiger partial charge on any atom is -0.462 e. The van der Waals surface area contributed by atoms with Gasteiger partial charge in [-0.2, -0.15) is 0 Å². The summed E-state index contributed by atoms with van der Waals surface area (Å²) in [5.41, 5.74) is -1.10. The molecule has 5 nitrogen and oxygen atoms in total. The lowest BCUT2D eigenvalue weighted by molar-refractivity contribution is -0.0796. The highest BCUT2D eigenvalue weighted by Gasteiger charge is 2.52. The van der Waals surface area contributed by atoms with Gasteiger partial charge in [-0.05, 0) is 27.7 Å². The molecule has 0 amide bonds. The zero-order valence-electron chi connectivity index (χ0n) is 17.1. The molecule has 3 rings (SSSR count). The van der Waals surface area contributed by atoms with Gasteiger partial charge in [-0.3, -0.25) is 0 Å². The van der Waals surface area contributed by atoms with Crippen LogP contribution in [0.2, 0.25) is 0 Å². The molecule has 7 heteroatoms. The highest BCUT2D eigenvalue weighted by atomic mass is 32.1. The minimum absolute atomic E-state index is 0.0292. The van der Waals surface area contributed by atoms with Crippen LogP contribution >= 0.6 is 11.3 Å². The first kappa shape index (κ1) is 7.97. The number of hydrogen-bond donors (Lipinski definition) is 0. The Hall–Kier alpha value is -0.625. The maximum atomic E-state index is 8.03. The van der Waals surface area contributed by atoms with Crippen molar-refractivity contribution < 1.29 is 27.0 Å². The zero-order valence-corrected chi connectivity index (χ0v) is 11.9. The number of ether oxygens (including phenoxy) is 2. The molecular formula is C12H18BNO4S. The van der Waals surface area contributed by atoms with Crippen molar-refractivity contribution in [2.75, 3.05) is 13.1 Å². The van der Waals surface area contributed by atoms with E-state index in [1.807, 2.05) is 27.7 Å². The molecule has 2 saturated heterocycles. The highest BCUT2D eigenvalue weighted by molar-refractivity contribution is 7.12. The lowest BCUT2D eigenvalue weighted by atomic mass is 9.86. The van der Waals surface area contributed by atoms with Crippen LogP contribution in [0, 0.1) is 0 Å². The minimum atomic E-state index is -2.64. The van der Waals surface area contributed by atoms with Crippen molar-refractivity contribution in [3.05, 3.63) is 5.36 Å². The van der Waals surface area contributed by atoms with Crippen molar-refractivity contribution in [1.29, 1.82) is 0 Å². The molecule has 0 unspecified atom stereocenters. The van der Waals surface area contributed by atoms with E-state index in [9.17, 15) is 0 Å². The monoisotopic (exact) mass is 289 g/mol. The summed E-state index contributed by atoms with van der Waals surface area (Å²) in [6.07, 6.45) is -2.63. The van der Waals surface area contributed by atoms with Gasteiger partial charge in [0.1, 0.15) is 6.08 Å². The second-order valence-corrected chi connectivity index (χ2v) is 6.05. The molecule has 0 bridgehead atoms. The Morgan fingerprint density at radius 3 is 2.68 bits per heavy atom. The maximum absolute atomic E-state index is 8.03. The molecule has 2 aliphatic heterocycles. The molecule has 2 fully saturated rings. The molecule has 19 heavy (non-hydrogen) atoms. The summed E-state index contributed by atoms with van der Waals surface area (Å²) >= 11 is 0.744. The van der Waals surface area contributed by atoms with Gasteiger partial charge >= 0.3 is 7.12 Å². The number of hydrogen-bond acceptors (Lipinski definition) is 6. The van der Waals surface area contributed by atoms with Crippen molar-refractivity contribution in [2.45, 2.75) is 45.0 Å². The Balaban J connectivity index is 1.85. The molecular weight excluding hydrogens is 265 g/mol. The second-order valence-electron chi connectivity index (χ2n) is 5.29. The van der Waals surface area contributed by atoms with Crippen molar-refractivity contribution in [3.63, 3.8) is 0 Å². The van der Waals surface area contributed by atoms with E-state index >= 15 is 0 Å². The predicted molar refractivity (Wildman–Crippen MR) is 73.1 cm³/mol. The Morgan fingerprint density at radius 1 is 1.47 bits per heavy atom. The maximum Gasteiger partial charge on any atom is 0.515 e. The normalized spacial score (nSPS) is 36.9. The molecule has 0 aliphatic carbocycles. The van der Waals surface area contributed by atoms with Gasteiger partial charge in [0, 0.05) is 5.36 Å². The molecule has 0 radical (unpaired) electrons. The fourth-order valence-corrected chi connectivity index (χ4v) is 2.16. The highest BCUT2D eigenvalue weighted by Crippen LogP contribution is 2.36. The third kappa shape index (κ3) is 2.40. The predicted octanol–water partition coefficient (Wildman–Crippen LogP) is 1.22. The molecule has 104 valence electrons. The summed E-state index contributed by atoms with van der Waals surface area (Å²) in [7, 11) is -0.904. The summed E-state index contributed by atoms with van der Waals surface area (Å²) in [5.74, 6) is 0. The first-order valence-corrected chi connectivity index (χ1v) is 6.66. The molecule has 0 aromatic carbocycles. The van der Waals surface area contributed by atoms with E-state index in [4.69, 9.17) is 22.3 Å². The van der Waals surface area contributed by atoms with Gasteiger partial charge in [-0.1, -0.05) is 11.3 Å². The standard InChI is InChI=1S/C12H18BNO4S/c1-11(2)12(3,4)18-13(17-11)9-7-19-10(14-9)16-8-5-15-6-8/h7-8H,5-6H2,1-4H3/i5D2,6D2,7D,8D. The van der Waals surface area contributed by atoms with E-state index in [1.54, 1.807) is 0 Å². The van der Waals surface area contributed by atoms with Gasteiger partial charge in [0.2, 0.25) is 0 Å². The molecule has 3 heterocycles. The summed E-state index contributed by atoms with van der Waals surface area (Å²) < 4.78 is 67.4. The van der Waals surface area contributed by atoms with Gasteiger partial charge in [-0.25, -0.2) is 4.98 Å². The van der Waals surface area contributed by atoms with Gasteiger partial charge in [0.25, 0.3) is 5.19 Å². The Bertz CT molecular complexity index is 682. The van der Waals surface area contributed by atoms with Crippen LogP contribution < -0.4 is 10.3 Å². The Labute approximate surface area is 125 Å².